The highest BCUT2D eigenvalue weighted by molar-refractivity contribution is 5.85. The number of hydrogen-bond acceptors (Lipinski definition) is 5. The molecule has 0 rings (SSSR count). The number of amides is 2. The minimum absolute atomic E-state index is 0.0263. The lowest BCUT2D eigenvalue weighted by Gasteiger charge is -2.26. The summed E-state index contributed by atoms with van der Waals surface area (Å²) in [6, 6.07) is -1.47. The fraction of sp³-hybridized carbons (Fsp3) is 0.884. The van der Waals surface area contributed by atoms with E-state index in [4.69, 9.17) is 22.9 Å². The van der Waals surface area contributed by atoms with Crippen LogP contribution in [0.15, 0.2) is 17.1 Å². The van der Waals surface area contributed by atoms with Crippen molar-refractivity contribution in [2.75, 3.05) is 26.2 Å². The number of allylic oxidation sites excluding steroid dienone is 2. The van der Waals surface area contributed by atoms with Gasteiger partial charge in [-0.2, -0.15) is 0 Å². The Kier molecular flexibility index (Phi) is 37.0. The molecule has 9 heteroatoms. The molecule has 0 aliphatic heterocycles. The van der Waals surface area contributed by atoms with Crippen LogP contribution in [0.1, 0.15) is 206 Å². The standard InChI is InChI=1S/C43H87N7O2/c1-3-5-7-9-11-13-15-17-19-20-22-24-26-28-30-32-37-50(36-31-29-27-25-23-21-18-16-14-12-10-8-6-4-2)42(52)40(45)38-49-41(51)39(44)34-33-35-48-43(46)47/h17,19,39-40H,3-16,18,20-38,44-45H2,1-2H3,(H,49,51)(H4,46,47,48)/b19-17-/t39-,40?/m0/s1. The maximum atomic E-state index is 13.4. The fourth-order valence-corrected chi connectivity index (χ4v) is 6.69. The van der Waals surface area contributed by atoms with Gasteiger partial charge in [-0.25, -0.2) is 0 Å². The van der Waals surface area contributed by atoms with Gasteiger partial charge < -0.3 is 33.2 Å². The van der Waals surface area contributed by atoms with Gasteiger partial charge in [-0.05, 0) is 51.4 Å². The number of guanidine groups is 1. The van der Waals surface area contributed by atoms with Gasteiger partial charge in [-0.15, -0.1) is 0 Å². The van der Waals surface area contributed by atoms with Crippen LogP contribution in [-0.2, 0) is 9.59 Å². The van der Waals surface area contributed by atoms with E-state index in [1.165, 1.54) is 154 Å². The van der Waals surface area contributed by atoms with Gasteiger partial charge in [0.25, 0.3) is 0 Å². The molecule has 0 saturated heterocycles. The molecule has 1 unspecified atom stereocenters. The van der Waals surface area contributed by atoms with Crippen molar-refractivity contribution in [3.8, 4) is 0 Å². The average Bonchev–Trinajstić information content (AvgIpc) is 3.13. The number of hydrogen-bond donors (Lipinski definition) is 5. The van der Waals surface area contributed by atoms with Crippen LogP contribution < -0.4 is 28.3 Å². The van der Waals surface area contributed by atoms with Crippen LogP contribution in [-0.4, -0.2) is 60.9 Å². The quantitative estimate of drug-likeness (QED) is 0.0183. The highest BCUT2D eigenvalue weighted by Gasteiger charge is 2.22. The second-order valence-corrected chi connectivity index (χ2v) is 15.3. The van der Waals surface area contributed by atoms with E-state index in [9.17, 15) is 9.59 Å². The molecule has 0 spiro atoms. The zero-order valence-corrected chi connectivity index (χ0v) is 34.4. The Balaban J connectivity index is 4.44. The van der Waals surface area contributed by atoms with Gasteiger partial charge in [-0.3, -0.25) is 14.6 Å². The van der Waals surface area contributed by atoms with Crippen molar-refractivity contribution in [1.82, 2.24) is 10.2 Å². The van der Waals surface area contributed by atoms with Gasteiger partial charge in [0.05, 0.1) is 6.04 Å². The third-order valence-corrected chi connectivity index (χ3v) is 10.2. The van der Waals surface area contributed by atoms with E-state index in [-0.39, 0.29) is 24.3 Å². The van der Waals surface area contributed by atoms with Gasteiger partial charge in [0.2, 0.25) is 11.8 Å². The topological polar surface area (TPSA) is 166 Å². The smallest absolute Gasteiger partial charge is 0.241 e. The Bertz CT molecular complexity index is 862. The van der Waals surface area contributed by atoms with Crippen LogP contribution >= 0.6 is 0 Å². The minimum atomic E-state index is -0.779. The first kappa shape index (κ1) is 49.9. The summed E-state index contributed by atoms with van der Waals surface area (Å²) < 4.78 is 0. The van der Waals surface area contributed by atoms with Crippen LogP contribution in [0.2, 0.25) is 0 Å². The number of carbonyl (C=O) groups is 2. The fourth-order valence-electron chi connectivity index (χ4n) is 6.69. The molecule has 0 radical (unpaired) electrons. The third-order valence-electron chi connectivity index (χ3n) is 10.2. The van der Waals surface area contributed by atoms with Crippen molar-refractivity contribution in [2.24, 2.45) is 27.9 Å². The van der Waals surface area contributed by atoms with Crippen LogP contribution in [0.5, 0.6) is 0 Å². The van der Waals surface area contributed by atoms with Crippen LogP contribution in [0.4, 0.5) is 0 Å². The van der Waals surface area contributed by atoms with Crippen LogP contribution in [0.25, 0.3) is 0 Å². The first-order chi connectivity index (χ1) is 25.3. The van der Waals surface area contributed by atoms with Crippen LogP contribution in [0, 0.1) is 0 Å². The van der Waals surface area contributed by atoms with E-state index in [1.54, 1.807) is 0 Å². The molecule has 9 nitrogen and oxygen atoms in total. The number of nitrogens with two attached hydrogens (primary N) is 4. The van der Waals surface area contributed by atoms with Crippen molar-refractivity contribution in [1.29, 1.82) is 0 Å². The van der Waals surface area contributed by atoms with Crippen molar-refractivity contribution < 1.29 is 9.59 Å². The van der Waals surface area contributed by atoms with E-state index in [1.807, 2.05) is 4.90 Å². The number of rotatable bonds is 39. The Hall–Kier alpha value is -2.13. The lowest BCUT2D eigenvalue weighted by molar-refractivity contribution is -0.133. The SMILES string of the molecule is CCCCCCCC/C=C\CCCCCCCCN(CCCCCCCCCCCCCCCC)C(=O)C(N)CNC(=O)[C@@H](N)CCCN=C(N)N. The Morgan fingerprint density at radius 3 is 1.35 bits per heavy atom. The largest absolute Gasteiger partial charge is 0.370 e. The normalized spacial score (nSPS) is 12.6. The monoisotopic (exact) mass is 734 g/mol. The van der Waals surface area contributed by atoms with Crippen molar-refractivity contribution in [3.63, 3.8) is 0 Å². The number of nitrogens with one attached hydrogen (secondary N) is 1. The predicted octanol–water partition coefficient (Wildman–Crippen LogP) is 9.16. The van der Waals surface area contributed by atoms with Crippen molar-refractivity contribution >= 4 is 17.8 Å². The molecule has 2 amide bonds. The Morgan fingerprint density at radius 1 is 0.558 bits per heavy atom. The summed E-state index contributed by atoms with van der Waals surface area (Å²) in [4.78, 5) is 31.8. The van der Waals surface area contributed by atoms with E-state index < -0.39 is 12.1 Å². The summed E-state index contributed by atoms with van der Waals surface area (Å²) in [6.45, 7) is 6.51. The lowest BCUT2D eigenvalue weighted by atomic mass is 10.0. The molecule has 0 aromatic carbocycles. The summed E-state index contributed by atoms with van der Waals surface area (Å²) in [5.74, 6) is -0.359. The van der Waals surface area contributed by atoms with Crippen LogP contribution in [0.3, 0.4) is 0 Å². The molecule has 0 aromatic heterocycles. The molecule has 2 atom stereocenters. The molecule has 0 saturated carbocycles. The van der Waals surface area contributed by atoms with Gasteiger partial charge in [-0.1, -0.05) is 167 Å². The first-order valence-electron chi connectivity index (χ1n) is 22.1. The van der Waals surface area contributed by atoms with E-state index in [0.717, 1.165) is 38.8 Å². The number of carbonyl (C=O) groups excluding carboxylic acids is 2. The Labute approximate surface area is 321 Å². The molecule has 0 aliphatic carbocycles. The zero-order valence-electron chi connectivity index (χ0n) is 34.4. The summed E-state index contributed by atoms with van der Waals surface area (Å²) in [7, 11) is 0. The van der Waals surface area contributed by atoms with E-state index >= 15 is 0 Å². The van der Waals surface area contributed by atoms with Gasteiger partial charge in [0.1, 0.15) is 6.04 Å². The predicted molar refractivity (Wildman–Crippen MR) is 225 cm³/mol. The number of unbranched alkanes of at least 4 members (excludes halogenated alkanes) is 25. The minimum Gasteiger partial charge on any atom is -0.370 e. The van der Waals surface area contributed by atoms with Crippen molar-refractivity contribution in [3.05, 3.63) is 12.2 Å². The third kappa shape index (κ3) is 33.7. The van der Waals surface area contributed by atoms with Gasteiger partial charge in [0, 0.05) is 26.2 Å². The maximum Gasteiger partial charge on any atom is 0.241 e. The molecule has 0 heterocycles. The summed E-state index contributed by atoms with van der Waals surface area (Å²) >= 11 is 0. The molecular weight excluding hydrogens is 647 g/mol. The second-order valence-electron chi connectivity index (χ2n) is 15.3. The molecular formula is C43H87N7O2. The highest BCUT2D eigenvalue weighted by Crippen LogP contribution is 2.14. The second kappa shape index (κ2) is 38.6. The molecule has 52 heavy (non-hydrogen) atoms. The van der Waals surface area contributed by atoms with Gasteiger partial charge >= 0.3 is 0 Å². The van der Waals surface area contributed by atoms with E-state index in [0.29, 0.717) is 19.4 Å². The summed E-state index contributed by atoms with van der Waals surface area (Å²) in [6.07, 6.45) is 41.8. The summed E-state index contributed by atoms with van der Waals surface area (Å²) in [5.41, 5.74) is 23.1. The zero-order chi connectivity index (χ0) is 38.3. The van der Waals surface area contributed by atoms with Gasteiger partial charge in [0.15, 0.2) is 5.96 Å². The maximum absolute atomic E-state index is 13.4. The molecule has 0 fully saturated rings. The Morgan fingerprint density at radius 2 is 0.942 bits per heavy atom. The van der Waals surface area contributed by atoms with Crippen molar-refractivity contribution in [2.45, 2.75) is 219 Å². The average molecular weight is 734 g/mol. The molecule has 9 N–H and O–H groups in total. The molecule has 0 aliphatic rings. The first-order valence-corrected chi connectivity index (χ1v) is 22.1. The number of nitrogens with zero attached hydrogens (tertiary/aromatic N) is 2. The highest BCUT2D eigenvalue weighted by atomic mass is 16.2. The number of aliphatic imine (C=N–C) groups is 1. The molecule has 0 bridgehead atoms. The lowest BCUT2D eigenvalue weighted by Crippen LogP contribution is -2.52. The summed E-state index contributed by atoms with van der Waals surface area (Å²) in [5, 5.41) is 2.78. The molecule has 0 aromatic rings. The molecule has 306 valence electrons. The van der Waals surface area contributed by atoms with E-state index in [2.05, 4.69) is 36.3 Å².